The van der Waals surface area contributed by atoms with E-state index >= 15 is 0 Å². The minimum absolute atomic E-state index is 0.0101. The first-order valence-electron chi connectivity index (χ1n) is 6.06. The number of hydrogen-bond donors (Lipinski definition) is 1. The van der Waals surface area contributed by atoms with Crippen molar-refractivity contribution >= 4 is 11.8 Å². The highest BCUT2D eigenvalue weighted by atomic mass is 16.4. The Kier molecular flexibility index (Phi) is 2.46. The molecule has 90 valence electrons. The normalized spacial score (nSPS) is 19.1. The summed E-state index contributed by atoms with van der Waals surface area (Å²) in [4.78, 5) is 21.1. The molecular weight excluding hydrogens is 218 g/mol. The van der Waals surface area contributed by atoms with Crippen LogP contribution in [0.1, 0.15) is 36.2 Å². The zero-order valence-electron chi connectivity index (χ0n) is 9.54. The molecule has 2 aliphatic carbocycles. The molecule has 5 heteroatoms. The van der Waals surface area contributed by atoms with Crippen LogP contribution in [0.25, 0.3) is 0 Å². The molecule has 2 saturated carbocycles. The molecule has 1 N–H and O–H groups in total. The summed E-state index contributed by atoms with van der Waals surface area (Å²) >= 11 is 0. The van der Waals surface area contributed by atoms with Crippen molar-refractivity contribution in [2.24, 2.45) is 5.92 Å². The van der Waals surface area contributed by atoms with Crippen molar-refractivity contribution in [2.45, 2.75) is 31.7 Å². The van der Waals surface area contributed by atoms with E-state index in [0.29, 0.717) is 6.04 Å². The second kappa shape index (κ2) is 3.98. The smallest absolute Gasteiger partial charge is 0.356 e. The zero-order valence-corrected chi connectivity index (χ0v) is 9.54. The fourth-order valence-corrected chi connectivity index (χ4v) is 1.97. The fraction of sp³-hybridized carbons (Fsp3) is 0.583. The van der Waals surface area contributed by atoms with Crippen molar-refractivity contribution in [1.82, 2.24) is 9.97 Å². The molecule has 2 fully saturated rings. The molecule has 17 heavy (non-hydrogen) atoms. The molecule has 5 nitrogen and oxygen atoms in total. The Labute approximate surface area is 99.5 Å². The van der Waals surface area contributed by atoms with Crippen molar-refractivity contribution in [2.75, 3.05) is 11.4 Å². The third-order valence-electron chi connectivity index (χ3n) is 3.29. The first-order chi connectivity index (χ1) is 8.24. The molecule has 0 aromatic carbocycles. The van der Waals surface area contributed by atoms with Crippen molar-refractivity contribution < 1.29 is 9.90 Å². The second-order valence-corrected chi connectivity index (χ2v) is 4.89. The fourth-order valence-electron chi connectivity index (χ4n) is 1.97. The SMILES string of the molecule is O=C(O)c1cnc(N(CC2CC2)C2CC2)cn1. The van der Waals surface area contributed by atoms with E-state index in [1.807, 2.05) is 0 Å². The zero-order chi connectivity index (χ0) is 11.8. The van der Waals surface area contributed by atoms with E-state index in [0.717, 1.165) is 18.3 Å². The van der Waals surface area contributed by atoms with Gasteiger partial charge in [-0.25, -0.2) is 14.8 Å². The Balaban J connectivity index is 1.77. The Morgan fingerprint density at radius 2 is 2.06 bits per heavy atom. The number of carboxylic acid groups (broad SMARTS) is 1. The van der Waals surface area contributed by atoms with Gasteiger partial charge in [0, 0.05) is 12.6 Å². The Morgan fingerprint density at radius 1 is 1.29 bits per heavy atom. The van der Waals surface area contributed by atoms with Gasteiger partial charge in [0.1, 0.15) is 5.82 Å². The molecule has 0 atom stereocenters. The lowest BCUT2D eigenvalue weighted by atomic mass is 10.3. The summed E-state index contributed by atoms with van der Waals surface area (Å²) in [6, 6.07) is 0.598. The van der Waals surface area contributed by atoms with Crippen molar-refractivity contribution in [1.29, 1.82) is 0 Å². The van der Waals surface area contributed by atoms with E-state index in [1.165, 1.54) is 31.9 Å². The van der Waals surface area contributed by atoms with Gasteiger partial charge >= 0.3 is 5.97 Å². The van der Waals surface area contributed by atoms with Gasteiger partial charge in [0.15, 0.2) is 5.69 Å². The lowest BCUT2D eigenvalue weighted by Gasteiger charge is -2.22. The first-order valence-corrected chi connectivity index (χ1v) is 6.06. The average molecular weight is 233 g/mol. The van der Waals surface area contributed by atoms with E-state index in [9.17, 15) is 4.79 Å². The lowest BCUT2D eigenvalue weighted by Crippen LogP contribution is -2.29. The number of rotatable bonds is 5. The van der Waals surface area contributed by atoms with Gasteiger partial charge in [-0.15, -0.1) is 0 Å². The number of carbonyl (C=O) groups is 1. The van der Waals surface area contributed by atoms with Crippen molar-refractivity contribution in [3.63, 3.8) is 0 Å². The minimum atomic E-state index is -1.02. The number of hydrogen-bond acceptors (Lipinski definition) is 4. The van der Waals surface area contributed by atoms with E-state index in [4.69, 9.17) is 5.11 Å². The van der Waals surface area contributed by atoms with Gasteiger partial charge in [0.25, 0.3) is 0 Å². The number of aromatic nitrogens is 2. The standard InChI is InChI=1S/C12H15N3O2/c16-12(17)10-5-14-11(6-13-10)15(9-3-4-9)7-8-1-2-8/h5-6,8-9H,1-4,7H2,(H,16,17). The van der Waals surface area contributed by atoms with Crippen LogP contribution in [0.3, 0.4) is 0 Å². The topological polar surface area (TPSA) is 66.3 Å². The molecule has 0 unspecified atom stereocenters. The maximum Gasteiger partial charge on any atom is 0.356 e. The molecule has 0 radical (unpaired) electrons. The van der Waals surface area contributed by atoms with Crippen molar-refractivity contribution in [3.05, 3.63) is 18.1 Å². The van der Waals surface area contributed by atoms with E-state index in [-0.39, 0.29) is 5.69 Å². The largest absolute Gasteiger partial charge is 0.476 e. The van der Waals surface area contributed by atoms with E-state index in [2.05, 4.69) is 14.9 Å². The summed E-state index contributed by atoms with van der Waals surface area (Å²) in [6.07, 6.45) is 7.99. The van der Waals surface area contributed by atoms with Gasteiger partial charge in [-0.05, 0) is 31.6 Å². The highest BCUT2D eigenvalue weighted by Gasteiger charge is 2.34. The molecule has 1 aromatic rings. The van der Waals surface area contributed by atoms with Gasteiger partial charge in [-0.1, -0.05) is 0 Å². The van der Waals surface area contributed by atoms with Gasteiger partial charge in [-0.3, -0.25) is 0 Å². The highest BCUT2D eigenvalue weighted by molar-refractivity contribution is 5.84. The molecule has 1 aromatic heterocycles. The van der Waals surface area contributed by atoms with Crippen LogP contribution in [0, 0.1) is 5.92 Å². The van der Waals surface area contributed by atoms with Crippen LogP contribution in [0.5, 0.6) is 0 Å². The van der Waals surface area contributed by atoms with Gasteiger partial charge in [0.05, 0.1) is 12.4 Å². The third kappa shape index (κ3) is 2.38. The first kappa shape index (κ1) is 10.5. The molecule has 2 aliphatic rings. The molecule has 0 amide bonds. The molecule has 0 bridgehead atoms. The number of carboxylic acids is 1. The quantitative estimate of drug-likeness (QED) is 0.835. The lowest BCUT2D eigenvalue weighted by molar-refractivity contribution is 0.0690. The van der Waals surface area contributed by atoms with Crippen LogP contribution in [0.15, 0.2) is 12.4 Å². The summed E-state index contributed by atoms with van der Waals surface area (Å²) in [5.74, 6) is 0.602. The number of aromatic carboxylic acids is 1. The monoisotopic (exact) mass is 233 g/mol. The third-order valence-corrected chi connectivity index (χ3v) is 3.29. The maximum absolute atomic E-state index is 10.7. The molecule has 0 aliphatic heterocycles. The number of nitrogens with zero attached hydrogens (tertiary/aromatic N) is 3. The van der Waals surface area contributed by atoms with Crippen LogP contribution in [-0.4, -0.2) is 33.6 Å². The second-order valence-electron chi connectivity index (χ2n) is 4.89. The predicted molar refractivity (Wildman–Crippen MR) is 62.1 cm³/mol. The molecule has 0 saturated heterocycles. The van der Waals surface area contributed by atoms with Gasteiger partial charge in [0.2, 0.25) is 0 Å². The van der Waals surface area contributed by atoms with Crippen LogP contribution in [-0.2, 0) is 0 Å². The van der Waals surface area contributed by atoms with E-state index in [1.54, 1.807) is 6.20 Å². The molecular formula is C12H15N3O2. The maximum atomic E-state index is 10.7. The van der Waals surface area contributed by atoms with Gasteiger partial charge in [-0.2, -0.15) is 0 Å². The Hall–Kier alpha value is -1.65. The average Bonchev–Trinajstić information content (AvgIpc) is 3.18. The predicted octanol–water partition coefficient (Wildman–Crippen LogP) is 1.55. The minimum Gasteiger partial charge on any atom is -0.476 e. The van der Waals surface area contributed by atoms with Crippen LogP contribution < -0.4 is 4.90 Å². The van der Waals surface area contributed by atoms with Crippen LogP contribution >= 0.6 is 0 Å². The van der Waals surface area contributed by atoms with Crippen LogP contribution in [0.2, 0.25) is 0 Å². The van der Waals surface area contributed by atoms with Crippen molar-refractivity contribution in [3.8, 4) is 0 Å². The van der Waals surface area contributed by atoms with Gasteiger partial charge < -0.3 is 10.0 Å². The summed E-state index contributed by atoms with van der Waals surface area (Å²) in [7, 11) is 0. The summed E-state index contributed by atoms with van der Waals surface area (Å²) < 4.78 is 0. The van der Waals surface area contributed by atoms with E-state index < -0.39 is 5.97 Å². The summed E-state index contributed by atoms with van der Waals surface area (Å²) in [6.45, 7) is 1.05. The molecule has 1 heterocycles. The Morgan fingerprint density at radius 3 is 2.53 bits per heavy atom. The summed E-state index contributed by atoms with van der Waals surface area (Å²) in [5, 5.41) is 8.78. The molecule has 3 rings (SSSR count). The van der Waals surface area contributed by atoms with Crippen LogP contribution in [0.4, 0.5) is 5.82 Å². The number of anilines is 1. The molecule has 0 spiro atoms. The summed E-state index contributed by atoms with van der Waals surface area (Å²) in [5.41, 5.74) is 0.0101. The highest BCUT2D eigenvalue weighted by Crippen LogP contribution is 2.36. The Bertz CT molecular complexity index is 424.